The third-order valence-corrected chi connectivity index (χ3v) is 4.64. The molecule has 0 N–H and O–H groups in total. The minimum Gasteiger partial charge on any atom is -0.316 e. The van der Waals surface area contributed by atoms with E-state index < -0.39 is 0 Å². The van der Waals surface area contributed by atoms with Crippen molar-refractivity contribution in [3.63, 3.8) is 0 Å². The number of allylic oxidation sites excluding steroid dienone is 4. The first-order valence-electron chi connectivity index (χ1n) is 8.51. The predicted octanol–water partition coefficient (Wildman–Crippen LogP) is 4.87. The third kappa shape index (κ3) is 3.66. The molecule has 2 heterocycles. The van der Waals surface area contributed by atoms with Crippen molar-refractivity contribution in [2.75, 3.05) is 0 Å². The van der Waals surface area contributed by atoms with E-state index in [9.17, 15) is 4.79 Å². The summed E-state index contributed by atoms with van der Waals surface area (Å²) in [6, 6.07) is 3.59. The molecule has 0 spiro atoms. The fraction of sp³-hybridized carbons (Fsp3) is 0.350. The lowest BCUT2D eigenvalue weighted by molar-refractivity contribution is 0.721. The van der Waals surface area contributed by atoms with Gasteiger partial charge in [0.05, 0.1) is 28.7 Å². The van der Waals surface area contributed by atoms with Gasteiger partial charge in [-0.05, 0) is 46.8 Å². The molecule has 26 heavy (non-hydrogen) atoms. The predicted molar refractivity (Wildman–Crippen MR) is 108 cm³/mol. The molecule has 0 aliphatic heterocycles. The van der Waals surface area contributed by atoms with E-state index in [1.54, 1.807) is 21.2 Å². The second-order valence-electron chi connectivity index (χ2n) is 6.12. The number of nitriles is 1. The van der Waals surface area contributed by atoms with Crippen LogP contribution in [-0.2, 0) is 0 Å². The van der Waals surface area contributed by atoms with E-state index in [-0.39, 0.29) is 17.5 Å². The first-order chi connectivity index (χ1) is 12.3. The molecule has 2 atom stereocenters. The lowest BCUT2D eigenvalue weighted by Crippen LogP contribution is -2.25. The fourth-order valence-electron chi connectivity index (χ4n) is 2.77. The highest BCUT2D eigenvalue weighted by atomic mass is 35.5. The second kappa shape index (κ2) is 8.20. The highest BCUT2D eigenvalue weighted by Crippen LogP contribution is 2.24. The van der Waals surface area contributed by atoms with Crippen LogP contribution in [0.4, 0.5) is 0 Å². The van der Waals surface area contributed by atoms with Crippen molar-refractivity contribution in [1.82, 2.24) is 8.97 Å². The van der Waals surface area contributed by atoms with Gasteiger partial charge in [-0.15, -0.1) is 0 Å². The average Bonchev–Trinajstić information content (AvgIpc) is 3.00. The highest BCUT2D eigenvalue weighted by Gasteiger charge is 2.18. The molecule has 0 aromatic carbocycles. The van der Waals surface area contributed by atoms with Gasteiger partial charge < -0.3 is 4.40 Å². The van der Waals surface area contributed by atoms with Gasteiger partial charge in [-0.1, -0.05) is 23.8 Å². The topological polar surface area (TPSA) is 62.6 Å². The van der Waals surface area contributed by atoms with Crippen LogP contribution in [0.15, 0.2) is 46.5 Å². The standard InChI is InChI=1S/C20H23ClN4O/c1-6-8-16(7-2)25-18(15(5)23-14(4)13(3)11-22)12-24-10-9-17(21)19(24)20(25)26/h6-10,12-13,15H,1-5H3. The van der Waals surface area contributed by atoms with E-state index in [0.29, 0.717) is 10.5 Å². The van der Waals surface area contributed by atoms with E-state index in [1.165, 1.54) is 0 Å². The molecule has 0 aliphatic carbocycles. The van der Waals surface area contributed by atoms with Crippen LogP contribution in [0.1, 0.15) is 46.4 Å². The Bertz CT molecular complexity index is 1000. The molecule has 0 saturated carbocycles. The van der Waals surface area contributed by atoms with E-state index in [1.807, 2.05) is 59.0 Å². The fourth-order valence-corrected chi connectivity index (χ4v) is 3.01. The zero-order valence-electron chi connectivity index (χ0n) is 15.7. The maximum absolute atomic E-state index is 13.2. The Hall–Kier alpha value is -2.58. The Labute approximate surface area is 158 Å². The summed E-state index contributed by atoms with van der Waals surface area (Å²) in [6.07, 6.45) is 9.26. The van der Waals surface area contributed by atoms with E-state index in [2.05, 4.69) is 11.1 Å². The Balaban J connectivity index is 2.80. The van der Waals surface area contributed by atoms with Crippen molar-refractivity contribution in [3.05, 3.63) is 57.8 Å². The second-order valence-corrected chi connectivity index (χ2v) is 6.53. The van der Waals surface area contributed by atoms with Crippen molar-refractivity contribution in [1.29, 1.82) is 5.26 Å². The van der Waals surface area contributed by atoms with Gasteiger partial charge in [0, 0.05) is 23.8 Å². The first kappa shape index (κ1) is 19.7. The highest BCUT2D eigenvalue weighted by molar-refractivity contribution is 6.33. The molecule has 5 nitrogen and oxygen atoms in total. The lowest BCUT2D eigenvalue weighted by Gasteiger charge is -2.19. The number of fused-ring (bicyclic) bond motifs is 1. The number of hydrogen-bond donors (Lipinski definition) is 0. The van der Waals surface area contributed by atoms with Gasteiger partial charge in [0.2, 0.25) is 0 Å². The zero-order chi connectivity index (χ0) is 19.4. The Morgan fingerprint density at radius 2 is 2.08 bits per heavy atom. The Morgan fingerprint density at radius 1 is 1.38 bits per heavy atom. The third-order valence-electron chi connectivity index (χ3n) is 4.34. The first-order valence-corrected chi connectivity index (χ1v) is 8.88. The molecule has 2 rings (SSSR count). The normalized spacial score (nSPS) is 15.4. The Kier molecular flexibility index (Phi) is 6.23. The molecule has 6 heteroatoms. The van der Waals surface area contributed by atoms with Gasteiger partial charge in [-0.3, -0.25) is 14.4 Å². The van der Waals surface area contributed by atoms with Gasteiger partial charge in [0.1, 0.15) is 5.52 Å². The molecule has 0 aliphatic rings. The van der Waals surface area contributed by atoms with Gasteiger partial charge in [0.15, 0.2) is 0 Å². The summed E-state index contributed by atoms with van der Waals surface area (Å²) >= 11 is 6.22. The molecule has 2 unspecified atom stereocenters. The molecule has 0 fully saturated rings. The Morgan fingerprint density at radius 3 is 2.65 bits per heavy atom. The van der Waals surface area contributed by atoms with Crippen LogP contribution >= 0.6 is 11.6 Å². The molecule has 2 aromatic heterocycles. The summed E-state index contributed by atoms with van der Waals surface area (Å²) in [4.78, 5) is 17.8. The SMILES string of the molecule is CC=CC(=CC)n1c(C(C)N=C(C)C(C)C#N)cn2ccc(Cl)c2c1=O. The molecule has 0 radical (unpaired) electrons. The van der Waals surface area contributed by atoms with Gasteiger partial charge in [0.25, 0.3) is 5.56 Å². The largest absolute Gasteiger partial charge is 0.316 e. The minimum atomic E-state index is -0.302. The molecule has 2 aromatic rings. The number of nitrogens with zero attached hydrogens (tertiary/aromatic N) is 4. The van der Waals surface area contributed by atoms with Crippen molar-refractivity contribution < 1.29 is 0 Å². The summed E-state index contributed by atoms with van der Waals surface area (Å²) < 4.78 is 3.37. The van der Waals surface area contributed by atoms with Gasteiger partial charge >= 0.3 is 0 Å². The number of aliphatic imine (C=N–C) groups is 1. The zero-order valence-corrected chi connectivity index (χ0v) is 16.4. The van der Waals surface area contributed by atoms with E-state index in [4.69, 9.17) is 16.9 Å². The van der Waals surface area contributed by atoms with Crippen molar-refractivity contribution in [2.45, 2.75) is 40.7 Å². The average molecular weight is 371 g/mol. The maximum atomic E-state index is 13.2. The van der Waals surface area contributed by atoms with Crippen LogP contribution in [0.5, 0.6) is 0 Å². The molecular weight excluding hydrogens is 348 g/mol. The minimum absolute atomic E-state index is 0.197. The number of aromatic nitrogens is 2. The van der Waals surface area contributed by atoms with E-state index in [0.717, 1.165) is 17.1 Å². The quantitative estimate of drug-likeness (QED) is 0.556. The summed E-state index contributed by atoms with van der Waals surface area (Å²) in [6.45, 7) is 9.34. The van der Waals surface area contributed by atoms with Crippen LogP contribution in [-0.4, -0.2) is 14.7 Å². The van der Waals surface area contributed by atoms with Crippen LogP contribution in [0.2, 0.25) is 5.02 Å². The van der Waals surface area contributed by atoms with Crippen LogP contribution in [0, 0.1) is 17.2 Å². The lowest BCUT2D eigenvalue weighted by atomic mass is 10.1. The number of hydrogen-bond acceptors (Lipinski definition) is 3. The molecule has 0 amide bonds. The van der Waals surface area contributed by atoms with Gasteiger partial charge in [-0.25, -0.2) is 0 Å². The maximum Gasteiger partial charge on any atom is 0.281 e. The summed E-state index contributed by atoms with van der Waals surface area (Å²) in [5.41, 5.74) is 2.44. The molecule has 136 valence electrons. The van der Waals surface area contributed by atoms with Crippen LogP contribution in [0.3, 0.4) is 0 Å². The molecule has 0 saturated heterocycles. The van der Waals surface area contributed by atoms with Crippen LogP contribution < -0.4 is 5.56 Å². The summed E-state index contributed by atoms with van der Waals surface area (Å²) in [7, 11) is 0. The number of halogens is 1. The van der Waals surface area contributed by atoms with Crippen molar-refractivity contribution in [2.24, 2.45) is 10.9 Å². The molecular formula is C20H23ClN4O. The van der Waals surface area contributed by atoms with Gasteiger partial charge in [-0.2, -0.15) is 5.26 Å². The number of rotatable bonds is 5. The summed E-state index contributed by atoms with van der Waals surface area (Å²) in [5.74, 6) is -0.279. The molecule has 0 bridgehead atoms. The smallest absolute Gasteiger partial charge is 0.281 e. The van der Waals surface area contributed by atoms with Crippen LogP contribution in [0.25, 0.3) is 11.2 Å². The monoisotopic (exact) mass is 370 g/mol. The summed E-state index contributed by atoms with van der Waals surface area (Å²) in [5, 5.41) is 9.52. The van der Waals surface area contributed by atoms with Crippen molar-refractivity contribution in [3.8, 4) is 6.07 Å². The van der Waals surface area contributed by atoms with E-state index >= 15 is 0 Å². The van der Waals surface area contributed by atoms with Crippen molar-refractivity contribution >= 4 is 28.5 Å².